The lowest BCUT2D eigenvalue weighted by Crippen LogP contribution is -2.02. The standard InChI is InChI=1S/C14H6F3N3S/c15-8-4-5-9(12(17)11(8)16)20-10-3-1-2-7(6-18)13(10)19-14(20)21/h1-5H,(H,19,21). The first-order chi connectivity index (χ1) is 10.0. The largest absolute Gasteiger partial charge is 0.329 e. The summed E-state index contributed by atoms with van der Waals surface area (Å²) in [4.78, 5) is 2.78. The Morgan fingerprint density at radius 1 is 1.10 bits per heavy atom. The number of benzene rings is 2. The van der Waals surface area contributed by atoms with Crippen molar-refractivity contribution >= 4 is 23.3 Å². The Labute approximate surface area is 121 Å². The minimum atomic E-state index is -1.57. The summed E-state index contributed by atoms with van der Waals surface area (Å²) in [6, 6.07) is 8.66. The van der Waals surface area contributed by atoms with E-state index >= 15 is 0 Å². The molecule has 0 amide bonds. The molecule has 0 fully saturated rings. The van der Waals surface area contributed by atoms with Crippen molar-refractivity contribution in [2.45, 2.75) is 0 Å². The van der Waals surface area contributed by atoms with Gasteiger partial charge < -0.3 is 4.98 Å². The van der Waals surface area contributed by atoms with Crippen LogP contribution in [0, 0.1) is 33.6 Å². The molecule has 0 saturated carbocycles. The van der Waals surface area contributed by atoms with Crippen LogP contribution >= 0.6 is 12.2 Å². The van der Waals surface area contributed by atoms with Crippen molar-refractivity contribution in [1.29, 1.82) is 5.26 Å². The summed E-state index contributed by atoms with van der Waals surface area (Å²) in [5, 5.41) is 9.04. The molecule has 1 heterocycles. The van der Waals surface area contributed by atoms with Gasteiger partial charge in [-0.2, -0.15) is 5.26 Å². The summed E-state index contributed by atoms with van der Waals surface area (Å²) >= 11 is 5.09. The maximum atomic E-state index is 14.0. The van der Waals surface area contributed by atoms with Crippen LogP contribution in [0.4, 0.5) is 13.2 Å². The molecule has 3 aromatic rings. The molecule has 1 N–H and O–H groups in total. The first-order valence-corrected chi connectivity index (χ1v) is 6.23. The number of nitrogens with zero attached hydrogens (tertiary/aromatic N) is 2. The van der Waals surface area contributed by atoms with Gasteiger partial charge in [0.25, 0.3) is 0 Å². The number of aromatic nitrogens is 2. The van der Waals surface area contributed by atoms with Gasteiger partial charge in [-0.05, 0) is 36.5 Å². The van der Waals surface area contributed by atoms with E-state index in [1.165, 1.54) is 4.57 Å². The number of nitriles is 1. The van der Waals surface area contributed by atoms with Gasteiger partial charge in [-0.25, -0.2) is 13.2 Å². The number of aromatic amines is 1. The number of halogens is 3. The number of imidazole rings is 1. The molecule has 0 spiro atoms. The summed E-state index contributed by atoms with van der Waals surface area (Å²) in [5.41, 5.74) is 0.915. The predicted octanol–water partition coefficient (Wildman–Crippen LogP) is 3.98. The maximum Gasteiger partial charge on any atom is 0.196 e. The lowest BCUT2D eigenvalue weighted by molar-refractivity contribution is 0.445. The highest BCUT2D eigenvalue weighted by molar-refractivity contribution is 7.71. The second-order valence-corrected chi connectivity index (χ2v) is 4.66. The summed E-state index contributed by atoms with van der Waals surface area (Å²) in [5.74, 6) is -4.19. The summed E-state index contributed by atoms with van der Waals surface area (Å²) < 4.78 is 41.7. The molecule has 2 aromatic carbocycles. The SMILES string of the molecule is N#Cc1cccc2c1[nH]c(=S)n2-c1ccc(F)c(F)c1F. The molecule has 0 atom stereocenters. The monoisotopic (exact) mass is 305 g/mol. The molecule has 0 aliphatic heterocycles. The maximum absolute atomic E-state index is 14.0. The van der Waals surface area contributed by atoms with Crippen LogP contribution < -0.4 is 0 Å². The zero-order valence-corrected chi connectivity index (χ0v) is 11.1. The van der Waals surface area contributed by atoms with Crippen LogP contribution in [-0.2, 0) is 0 Å². The summed E-state index contributed by atoms with van der Waals surface area (Å²) in [6.07, 6.45) is 0. The Kier molecular flexibility index (Phi) is 3.03. The molecule has 3 rings (SSSR count). The van der Waals surface area contributed by atoms with Crippen molar-refractivity contribution in [1.82, 2.24) is 9.55 Å². The molecule has 0 saturated heterocycles. The smallest absolute Gasteiger partial charge is 0.196 e. The van der Waals surface area contributed by atoms with E-state index in [0.29, 0.717) is 16.6 Å². The third kappa shape index (κ3) is 1.92. The van der Waals surface area contributed by atoms with Crippen LogP contribution in [0.5, 0.6) is 0 Å². The Morgan fingerprint density at radius 3 is 2.57 bits per heavy atom. The summed E-state index contributed by atoms with van der Waals surface area (Å²) in [7, 11) is 0. The van der Waals surface area contributed by atoms with E-state index in [-0.39, 0.29) is 10.5 Å². The van der Waals surface area contributed by atoms with E-state index in [9.17, 15) is 13.2 Å². The van der Waals surface area contributed by atoms with Crippen LogP contribution in [0.2, 0.25) is 0 Å². The lowest BCUT2D eigenvalue weighted by atomic mass is 10.2. The van der Waals surface area contributed by atoms with Gasteiger partial charge in [0.1, 0.15) is 6.07 Å². The van der Waals surface area contributed by atoms with E-state index in [2.05, 4.69) is 4.98 Å². The molecule has 0 aliphatic rings. The normalized spacial score (nSPS) is 10.8. The van der Waals surface area contributed by atoms with Gasteiger partial charge in [-0.3, -0.25) is 4.57 Å². The molecule has 3 nitrogen and oxygen atoms in total. The topological polar surface area (TPSA) is 44.5 Å². The predicted molar refractivity (Wildman–Crippen MR) is 73.0 cm³/mol. The molecular weight excluding hydrogens is 299 g/mol. The minimum Gasteiger partial charge on any atom is -0.329 e. The van der Waals surface area contributed by atoms with Gasteiger partial charge in [0, 0.05) is 0 Å². The Morgan fingerprint density at radius 2 is 1.86 bits per heavy atom. The number of H-pyrrole nitrogens is 1. The fourth-order valence-corrected chi connectivity index (χ4v) is 2.45. The van der Waals surface area contributed by atoms with Crippen molar-refractivity contribution < 1.29 is 13.2 Å². The first kappa shape index (κ1) is 13.4. The Balaban J connectivity index is 2.43. The molecule has 0 aliphatic carbocycles. The molecule has 0 radical (unpaired) electrons. The third-order valence-corrected chi connectivity index (χ3v) is 3.38. The fourth-order valence-electron chi connectivity index (χ4n) is 2.15. The number of nitrogens with one attached hydrogen (secondary N) is 1. The van der Waals surface area contributed by atoms with E-state index in [0.717, 1.165) is 12.1 Å². The minimum absolute atomic E-state index is 0.0811. The van der Waals surface area contributed by atoms with Gasteiger partial charge in [0.05, 0.1) is 22.3 Å². The average molecular weight is 305 g/mol. The molecular formula is C14H6F3N3S. The van der Waals surface area contributed by atoms with Crippen LogP contribution in [0.3, 0.4) is 0 Å². The third-order valence-electron chi connectivity index (χ3n) is 3.09. The van der Waals surface area contributed by atoms with Crippen LogP contribution in [0.15, 0.2) is 30.3 Å². The van der Waals surface area contributed by atoms with Crippen molar-refractivity contribution in [3.05, 3.63) is 58.1 Å². The Hall–Kier alpha value is -2.59. The molecule has 0 unspecified atom stereocenters. The van der Waals surface area contributed by atoms with Crippen molar-refractivity contribution in [3.8, 4) is 11.8 Å². The van der Waals surface area contributed by atoms with E-state index in [1.807, 2.05) is 6.07 Å². The molecule has 104 valence electrons. The van der Waals surface area contributed by atoms with Gasteiger partial charge in [-0.15, -0.1) is 0 Å². The quantitative estimate of drug-likeness (QED) is 0.546. The highest BCUT2D eigenvalue weighted by Gasteiger charge is 2.18. The van der Waals surface area contributed by atoms with Gasteiger partial charge in [0.2, 0.25) is 0 Å². The zero-order chi connectivity index (χ0) is 15.1. The first-order valence-electron chi connectivity index (χ1n) is 5.82. The average Bonchev–Trinajstić information content (AvgIpc) is 2.81. The van der Waals surface area contributed by atoms with Crippen LogP contribution in [0.1, 0.15) is 5.56 Å². The second-order valence-electron chi connectivity index (χ2n) is 4.27. The number of fused-ring (bicyclic) bond motifs is 1. The highest BCUT2D eigenvalue weighted by atomic mass is 32.1. The molecule has 21 heavy (non-hydrogen) atoms. The second kappa shape index (κ2) is 4.75. The van der Waals surface area contributed by atoms with Gasteiger partial charge >= 0.3 is 0 Å². The highest BCUT2D eigenvalue weighted by Crippen LogP contribution is 2.25. The lowest BCUT2D eigenvalue weighted by Gasteiger charge is -2.07. The van der Waals surface area contributed by atoms with Crippen molar-refractivity contribution in [2.75, 3.05) is 0 Å². The van der Waals surface area contributed by atoms with E-state index in [1.54, 1.807) is 18.2 Å². The molecule has 0 bridgehead atoms. The van der Waals surface area contributed by atoms with Crippen LogP contribution in [-0.4, -0.2) is 9.55 Å². The van der Waals surface area contributed by atoms with Crippen molar-refractivity contribution in [3.63, 3.8) is 0 Å². The number of para-hydroxylation sites is 1. The fraction of sp³-hybridized carbons (Fsp3) is 0. The summed E-state index contributed by atoms with van der Waals surface area (Å²) in [6.45, 7) is 0. The van der Waals surface area contributed by atoms with Crippen molar-refractivity contribution in [2.24, 2.45) is 0 Å². The number of rotatable bonds is 1. The van der Waals surface area contributed by atoms with Crippen LogP contribution in [0.25, 0.3) is 16.7 Å². The zero-order valence-electron chi connectivity index (χ0n) is 10.3. The van der Waals surface area contributed by atoms with E-state index < -0.39 is 17.5 Å². The number of hydrogen-bond acceptors (Lipinski definition) is 2. The molecule has 1 aromatic heterocycles. The molecule has 7 heteroatoms. The van der Waals surface area contributed by atoms with Gasteiger partial charge in [-0.1, -0.05) is 6.07 Å². The Bertz CT molecular complexity index is 966. The number of hydrogen-bond donors (Lipinski definition) is 1. The van der Waals surface area contributed by atoms with E-state index in [4.69, 9.17) is 17.5 Å². The van der Waals surface area contributed by atoms with Gasteiger partial charge in [0.15, 0.2) is 22.2 Å².